The monoisotopic (exact) mass is 269 g/mol. The number of carbonyl (C=O) groups excluding carboxylic acids is 2. The van der Waals surface area contributed by atoms with E-state index in [0.717, 1.165) is 12.1 Å². The summed E-state index contributed by atoms with van der Waals surface area (Å²) in [7, 11) is 0. The molecule has 0 atom stereocenters. The van der Waals surface area contributed by atoms with Gasteiger partial charge in [0, 0.05) is 24.8 Å². The molecule has 1 saturated heterocycles. The van der Waals surface area contributed by atoms with Gasteiger partial charge in [0.25, 0.3) is 0 Å². The topological polar surface area (TPSA) is 61.4 Å². The Kier molecular flexibility index (Phi) is 4.06. The van der Waals surface area contributed by atoms with E-state index in [0.29, 0.717) is 13.1 Å². The Balaban J connectivity index is 1.90. The molecule has 1 aliphatic rings. The summed E-state index contributed by atoms with van der Waals surface area (Å²) in [6.45, 7) is 1.27. The van der Waals surface area contributed by atoms with Crippen LogP contribution in [0.1, 0.15) is 0 Å². The molecule has 19 heavy (non-hydrogen) atoms. The van der Waals surface area contributed by atoms with Gasteiger partial charge in [-0.3, -0.25) is 14.5 Å². The summed E-state index contributed by atoms with van der Waals surface area (Å²) in [5.74, 6) is -2.49. The zero-order chi connectivity index (χ0) is 13.8. The maximum Gasteiger partial charge on any atom is 0.238 e. The van der Waals surface area contributed by atoms with Crippen LogP contribution in [0.5, 0.6) is 0 Å². The summed E-state index contributed by atoms with van der Waals surface area (Å²) in [5.41, 5.74) is 0.186. The highest BCUT2D eigenvalue weighted by Gasteiger charge is 2.18. The van der Waals surface area contributed by atoms with Gasteiger partial charge in [-0.2, -0.15) is 0 Å². The van der Waals surface area contributed by atoms with Crippen LogP contribution in [0.2, 0.25) is 0 Å². The van der Waals surface area contributed by atoms with Crippen LogP contribution in [0.25, 0.3) is 0 Å². The van der Waals surface area contributed by atoms with E-state index in [1.807, 2.05) is 0 Å². The van der Waals surface area contributed by atoms with Crippen molar-refractivity contribution >= 4 is 17.5 Å². The zero-order valence-electron chi connectivity index (χ0n) is 10.1. The van der Waals surface area contributed by atoms with E-state index in [-0.39, 0.29) is 30.6 Å². The second-order valence-corrected chi connectivity index (χ2v) is 4.24. The molecule has 0 unspecified atom stereocenters. The van der Waals surface area contributed by atoms with Crippen molar-refractivity contribution in [3.8, 4) is 0 Å². The van der Waals surface area contributed by atoms with Gasteiger partial charge in [0.05, 0.1) is 13.1 Å². The van der Waals surface area contributed by atoms with Gasteiger partial charge in [-0.15, -0.1) is 0 Å². The Labute approximate surface area is 108 Å². The van der Waals surface area contributed by atoms with E-state index in [1.165, 1.54) is 6.07 Å². The third-order valence-corrected chi connectivity index (χ3v) is 2.69. The van der Waals surface area contributed by atoms with E-state index in [2.05, 4.69) is 10.6 Å². The van der Waals surface area contributed by atoms with Crippen molar-refractivity contribution in [3.63, 3.8) is 0 Å². The highest BCUT2D eigenvalue weighted by atomic mass is 19.2. The van der Waals surface area contributed by atoms with Crippen molar-refractivity contribution in [2.45, 2.75) is 0 Å². The highest BCUT2D eigenvalue weighted by molar-refractivity contribution is 5.92. The minimum Gasteiger partial charge on any atom is -0.354 e. The van der Waals surface area contributed by atoms with Crippen molar-refractivity contribution in [1.82, 2.24) is 10.2 Å². The molecule has 2 rings (SSSR count). The third-order valence-electron chi connectivity index (χ3n) is 2.69. The predicted octanol–water partition coefficient (Wildman–Crippen LogP) is 0.335. The number of nitrogens with one attached hydrogen (secondary N) is 2. The molecule has 0 radical (unpaired) electrons. The molecular formula is C12H13F2N3O2. The number of rotatable bonds is 3. The number of piperazine rings is 1. The number of halogens is 2. The molecule has 102 valence electrons. The first kappa shape index (κ1) is 13.4. The van der Waals surface area contributed by atoms with Crippen LogP contribution in [0, 0.1) is 11.6 Å². The van der Waals surface area contributed by atoms with E-state index in [9.17, 15) is 18.4 Å². The molecule has 5 nitrogen and oxygen atoms in total. The second kappa shape index (κ2) is 5.75. The molecule has 0 aliphatic carbocycles. The van der Waals surface area contributed by atoms with Gasteiger partial charge >= 0.3 is 0 Å². The van der Waals surface area contributed by atoms with E-state index >= 15 is 0 Å². The Bertz CT molecular complexity index is 508. The first-order chi connectivity index (χ1) is 9.04. The fraction of sp³-hybridized carbons (Fsp3) is 0.333. The summed E-state index contributed by atoms with van der Waals surface area (Å²) in [5, 5.41) is 5.10. The molecule has 0 spiro atoms. The lowest BCUT2D eigenvalue weighted by Gasteiger charge is -2.25. The van der Waals surface area contributed by atoms with Crippen LogP contribution in [0.4, 0.5) is 14.5 Å². The number of hydrogen-bond acceptors (Lipinski definition) is 3. The van der Waals surface area contributed by atoms with Gasteiger partial charge in [0.2, 0.25) is 11.8 Å². The molecule has 1 aliphatic heterocycles. The Morgan fingerprint density at radius 3 is 2.84 bits per heavy atom. The third kappa shape index (κ3) is 3.72. The molecule has 1 heterocycles. The predicted molar refractivity (Wildman–Crippen MR) is 64.4 cm³/mol. The molecule has 0 aromatic heterocycles. The molecule has 7 heteroatoms. The number of amides is 2. The van der Waals surface area contributed by atoms with Crippen molar-refractivity contribution in [2.24, 2.45) is 0 Å². The van der Waals surface area contributed by atoms with Gasteiger partial charge in [0.15, 0.2) is 11.6 Å². The van der Waals surface area contributed by atoms with E-state index in [1.54, 1.807) is 4.90 Å². The first-order valence-electron chi connectivity index (χ1n) is 5.78. The van der Waals surface area contributed by atoms with Crippen LogP contribution in [-0.2, 0) is 9.59 Å². The van der Waals surface area contributed by atoms with Crippen molar-refractivity contribution in [1.29, 1.82) is 0 Å². The van der Waals surface area contributed by atoms with Crippen LogP contribution in [0.3, 0.4) is 0 Å². The quantitative estimate of drug-likeness (QED) is 0.831. The minimum atomic E-state index is -1.02. The van der Waals surface area contributed by atoms with Crippen LogP contribution in [-0.4, -0.2) is 42.9 Å². The van der Waals surface area contributed by atoms with Crippen molar-refractivity contribution < 1.29 is 18.4 Å². The van der Waals surface area contributed by atoms with Gasteiger partial charge in [0.1, 0.15) is 0 Å². The van der Waals surface area contributed by atoms with Gasteiger partial charge in [-0.05, 0) is 12.1 Å². The Morgan fingerprint density at radius 2 is 2.16 bits per heavy atom. The number of anilines is 1. The average Bonchev–Trinajstić information content (AvgIpc) is 2.34. The molecular weight excluding hydrogens is 256 g/mol. The SMILES string of the molecule is O=C1CN(CC(=O)Nc2ccc(F)c(F)c2)CCN1. The summed E-state index contributed by atoms with van der Waals surface area (Å²) < 4.78 is 25.7. The fourth-order valence-corrected chi connectivity index (χ4v) is 1.80. The van der Waals surface area contributed by atoms with Gasteiger partial charge < -0.3 is 10.6 Å². The lowest BCUT2D eigenvalue weighted by atomic mass is 10.3. The number of nitrogens with zero attached hydrogens (tertiary/aromatic N) is 1. The molecule has 1 fully saturated rings. The maximum absolute atomic E-state index is 12.9. The summed E-state index contributed by atoms with van der Waals surface area (Å²) in [6.07, 6.45) is 0. The number of hydrogen-bond donors (Lipinski definition) is 2. The minimum absolute atomic E-state index is 0.0341. The lowest BCUT2D eigenvalue weighted by molar-refractivity contribution is -0.125. The van der Waals surface area contributed by atoms with Gasteiger partial charge in [-0.25, -0.2) is 8.78 Å². The normalized spacial score (nSPS) is 16.0. The average molecular weight is 269 g/mol. The molecule has 2 N–H and O–H groups in total. The second-order valence-electron chi connectivity index (χ2n) is 4.24. The molecule has 0 saturated carbocycles. The van der Waals surface area contributed by atoms with E-state index in [4.69, 9.17) is 0 Å². The van der Waals surface area contributed by atoms with Gasteiger partial charge in [-0.1, -0.05) is 0 Å². The van der Waals surface area contributed by atoms with Crippen LogP contribution >= 0.6 is 0 Å². The summed E-state index contributed by atoms with van der Waals surface area (Å²) in [6, 6.07) is 3.13. The van der Waals surface area contributed by atoms with Crippen molar-refractivity contribution in [3.05, 3.63) is 29.8 Å². The number of carbonyl (C=O) groups is 2. The fourth-order valence-electron chi connectivity index (χ4n) is 1.80. The van der Waals surface area contributed by atoms with E-state index < -0.39 is 11.6 Å². The molecule has 1 aromatic rings. The first-order valence-corrected chi connectivity index (χ1v) is 5.78. The summed E-state index contributed by atoms with van der Waals surface area (Å²) >= 11 is 0. The van der Waals surface area contributed by atoms with Crippen LogP contribution in [0.15, 0.2) is 18.2 Å². The maximum atomic E-state index is 12.9. The standard InChI is InChI=1S/C12H13F2N3O2/c13-9-2-1-8(5-10(9)14)16-12(19)7-17-4-3-15-11(18)6-17/h1-2,5H,3-4,6-7H2,(H,15,18)(H,16,19). The smallest absolute Gasteiger partial charge is 0.238 e. The van der Waals surface area contributed by atoms with Crippen molar-refractivity contribution in [2.75, 3.05) is 31.5 Å². The Hall–Kier alpha value is -2.02. The molecule has 1 aromatic carbocycles. The Morgan fingerprint density at radius 1 is 1.37 bits per heavy atom. The lowest BCUT2D eigenvalue weighted by Crippen LogP contribution is -2.49. The zero-order valence-corrected chi connectivity index (χ0v) is 10.1. The largest absolute Gasteiger partial charge is 0.354 e. The highest BCUT2D eigenvalue weighted by Crippen LogP contribution is 2.13. The number of benzene rings is 1. The van der Waals surface area contributed by atoms with Crippen LogP contribution < -0.4 is 10.6 Å². The molecule has 0 bridgehead atoms. The summed E-state index contributed by atoms with van der Waals surface area (Å²) in [4.78, 5) is 24.5. The molecule has 2 amide bonds.